The van der Waals surface area contributed by atoms with Crippen LogP contribution in [-0.4, -0.2) is 24.1 Å². The summed E-state index contributed by atoms with van der Waals surface area (Å²) in [4.78, 5) is 7.04. The van der Waals surface area contributed by atoms with Crippen molar-refractivity contribution in [2.24, 2.45) is 5.41 Å². The number of aromatic amines is 1. The van der Waals surface area contributed by atoms with Crippen molar-refractivity contribution in [2.75, 3.05) is 5.75 Å². The van der Waals surface area contributed by atoms with Gasteiger partial charge in [-0.1, -0.05) is 27.7 Å². The Kier molecular flexibility index (Phi) is 4.92. The Morgan fingerprint density at radius 2 is 2.11 bits per heavy atom. The van der Waals surface area contributed by atoms with Gasteiger partial charge in [0.05, 0.1) is 11.8 Å². The van der Waals surface area contributed by atoms with E-state index in [1.165, 1.54) is 0 Å². The van der Waals surface area contributed by atoms with Crippen molar-refractivity contribution < 1.29 is 8.42 Å². The molecule has 0 amide bonds. The lowest BCUT2D eigenvalue weighted by Crippen LogP contribution is -2.32. The molecule has 104 valence electrons. The molecule has 1 unspecified atom stereocenters. The molecule has 0 spiro atoms. The molecular formula is C12H23N3O2S. The molecule has 1 rings (SSSR count). The molecule has 0 aliphatic rings. The van der Waals surface area contributed by atoms with Gasteiger partial charge < -0.3 is 4.98 Å². The number of hydrogen-bond donors (Lipinski definition) is 2. The molecule has 1 aromatic rings. The van der Waals surface area contributed by atoms with Gasteiger partial charge in [-0.05, 0) is 18.3 Å². The number of nitrogens with one attached hydrogen (secondary N) is 2. The molecule has 5 nitrogen and oxygen atoms in total. The van der Waals surface area contributed by atoms with Crippen molar-refractivity contribution in [3.05, 3.63) is 18.2 Å². The van der Waals surface area contributed by atoms with Crippen LogP contribution in [0.4, 0.5) is 0 Å². The molecule has 0 fully saturated rings. The van der Waals surface area contributed by atoms with Crippen molar-refractivity contribution >= 4 is 10.0 Å². The largest absolute Gasteiger partial charge is 0.347 e. The van der Waals surface area contributed by atoms with Gasteiger partial charge in [-0.15, -0.1) is 0 Å². The third-order valence-electron chi connectivity index (χ3n) is 2.70. The first-order chi connectivity index (χ1) is 8.23. The van der Waals surface area contributed by atoms with Crippen molar-refractivity contribution in [3.63, 3.8) is 0 Å². The van der Waals surface area contributed by atoms with Gasteiger partial charge in [-0.3, -0.25) is 0 Å². The number of H-pyrrole nitrogens is 1. The number of aromatic nitrogens is 2. The fourth-order valence-electron chi connectivity index (χ4n) is 1.52. The minimum atomic E-state index is -3.26. The minimum Gasteiger partial charge on any atom is -0.347 e. The van der Waals surface area contributed by atoms with Gasteiger partial charge in [0.15, 0.2) is 0 Å². The maximum Gasteiger partial charge on any atom is 0.212 e. The maximum absolute atomic E-state index is 12.0. The summed E-state index contributed by atoms with van der Waals surface area (Å²) in [6, 6.07) is -0.273. The van der Waals surface area contributed by atoms with Crippen molar-refractivity contribution in [1.82, 2.24) is 14.7 Å². The number of hydrogen-bond acceptors (Lipinski definition) is 3. The van der Waals surface area contributed by atoms with Crippen LogP contribution in [0, 0.1) is 5.41 Å². The molecule has 18 heavy (non-hydrogen) atoms. The van der Waals surface area contributed by atoms with E-state index in [-0.39, 0.29) is 17.2 Å². The zero-order valence-electron chi connectivity index (χ0n) is 11.5. The fraction of sp³-hybridized carbons (Fsp3) is 0.750. The molecule has 0 saturated carbocycles. The van der Waals surface area contributed by atoms with Crippen LogP contribution in [0.5, 0.6) is 0 Å². The molecule has 0 saturated heterocycles. The Balaban J connectivity index is 2.64. The van der Waals surface area contributed by atoms with Crippen LogP contribution < -0.4 is 4.72 Å². The van der Waals surface area contributed by atoms with Crippen molar-refractivity contribution in [3.8, 4) is 0 Å². The van der Waals surface area contributed by atoms with Crippen LogP contribution in [0.25, 0.3) is 0 Å². The van der Waals surface area contributed by atoms with Gasteiger partial charge in [-0.25, -0.2) is 18.1 Å². The predicted molar refractivity (Wildman–Crippen MR) is 72.6 cm³/mol. The SMILES string of the molecule is CCC(NS(=O)(=O)CCC(C)(C)C)c1ncc[nH]1. The lowest BCUT2D eigenvalue weighted by molar-refractivity contribution is 0.395. The Hall–Kier alpha value is -0.880. The van der Waals surface area contributed by atoms with Gasteiger partial charge in [0.1, 0.15) is 5.82 Å². The monoisotopic (exact) mass is 273 g/mol. The zero-order chi connectivity index (χ0) is 13.8. The quantitative estimate of drug-likeness (QED) is 0.834. The van der Waals surface area contributed by atoms with E-state index in [1.54, 1.807) is 12.4 Å². The van der Waals surface area contributed by atoms with E-state index < -0.39 is 10.0 Å². The highest BCUT2D eigenvalue weighted by Crippen LogP contribution is 2.20. The van der Waals surface area contributed by atoms with Gasteiger partial charge in [0, 0.05) is 12.4 Å². The van der Waals surface area contributed by atoms with Gasteiger partial charge in [0.25, 0.3) is 0 Å². The Bertz CT molecular complexity index is 446. The first-order valence-electron chi connectivity index (χ1n) is 6.23. The topological polar surface area (TPSA) is 74.8 Å². The highest BCUT2D eigenvalue weighted by Gasteiger charge is 2.22. The normalized spacial score (nSPS) is 14.7. The number of sulfonamides is 1. The van der Waals surface area contributed by atoms with Crippen LogP contribution in [0.15, 0.2) is 12.4 Å². The van der Waals surface area contributed by atoms with Gasteiger partial charge >= 0.3 is 0 Å². The highest BCUT2D eigenvalue weighted by atomic mass is 32.2. The molecule has 0 bridgehead atoms. The second-order valence-corrected chi connectivity index (χ2v) is 7.56. The second kappa shape index (κ2) is 5.84. The van der Waals surface area contributed by atoms with E-state index in [4.69, 9.17) is 0 Å². The smallest absolute Gasteiger partial charge is 0.212 e. The first kappa shape index (κ1) is 15.2. The number of rotatable bonds is 6. The summed E-state index contributed by atoms with van der Waals surface area (Å²) in [6.07, 6.45) is 4.63. The molecule has 0 aromatic carbocycles. The molecule has 0 radical (unpaired) electrons. The Morgan fingerprint density at radius 3 is 2.56 bits per heavy atom. The van der Waals surface area contributed by atoms with E-state index in [0.717, 1.165) is 0 Å². The standard InChI is InChI=1S/C12H23N3O2S/c1-5-10(11-13-7-8-14-11)15-18(16,17)9-6-12(2,3)4/h7-8,10,15H,5-6,9H2,1-4H3,(H,13,14). The fourth-order valence-corrected chi connectivity index (χ4v) is 3.23. The predicted octanol–water partition coefficient (Wildman–Crippen LogP) is 2.22. The zero-order valence-corrected chi connectivity index (χ0v) is 12.3. The average molecular weight is 273 g/mol. The van der Waals surface area contributed by atoms with E-state index in [2.05, 4.69) is 14.7 Å². The summed E-state index contributed by atoms with van der Waals surface area (Å²) in [6.45, 7) is 8.03. The summed E-state index contributed by atoms with van der Waals surface area (Å²) >= 11 is 0. The third kappa shape index (κ3) is 5.18. The van der Waals surface area contributed by atoms with Crippen LogP contribution >= 0.6 is 0 Å². The van der Waals surface area contributed by atoms with Crippen molar-refractivity contribution in [2.45, 2.75) is 46.6 Å². The lowest BCUT2D eigenvalue weighted by Gasteiger charge is -2.20. The molecular weight excluding hydrogens is 250 g/mol. The van der Waals surface area contributed by atoms with E-state index in [9.17, 15) is 8.42 Å². The number of nitrogens with zero attached hydrogens (tertiary/aromatic N) is 1. The second-order valence-electron chi connectivity index (χ2n) is 5.68. The average Bonchev–Trinajstić information content (AvgIpc) is 2.76. The van der Waals surface area contributed by atoms with Crippen LogP contribution in [0.2, 0.25) is 0 Å². The highest BCUT2D eigenvalue weighted by molar-refractivity contribution is 7.89. The van der Waals surface area contributed by atoms with Crippen molar-refractivity contribution in [1.29, 1.82) is 0 Å². The molecule has 1 aromatic heterocycles. The summed E-state index contributed by atoms with van der Waals surface area (Å²) in [7, 11) is -3.26. The van der Waals surface area contributed by atoms with Crippen LogP contribution in [-0.2, 0) is 10.0 Å². The summed E-state index contributed by atoms with van der Waals surface area (Å²) in [5.74, 6) is 0.810. The van der Waals surface area contributed by atoms with E-state index in [0.29, 0.717) is 18.7 Å². The third-order valence-corrected chi connectivity index (χ3v) is 4.09. The van der Waals surface area contributed by atoms with Gasteiger partial charge in [0.2, 0.25) is 10.0 Å². The Morgan fingerprint density at radius 1 is 1.44 bits per heavy atom. The summed E-state index contributed by atoms with van der Waals surface area (Å²) in [5.41, 5.74) is 0.0150. The molecule has 1 heterocycles. The summed E-state index contributed by atoms with van der Waals surface area (Å²) < 4.78 is 26.7. The lowest BCUT2D eigenvalue weighted by atomic mass is 9.94. The molecule has 6 heteroatoms. The summed E-state index contributed by atoms with van der Waals surface area (Å²) in [5, 5.41) is 0. The molecule has 0 aliphatic carbocycles. The first-order valence-corrected chi connectivity index (χ1v) is 7.88. The Labute approximate surface area is 109 Å². The minimum absolute atomic E-state index is 0.0150. The van der Waals surface area contributed by atoms with E-state index >= 15 is 0 Å². The van der Waals surface area contributed by atoms with Crippen LogP contribution in [0.3, 0.4) is 0 Å². The van der Waals surface area contributed by atoms with Crippen LogP contribution in [0.1, 0.15) is 52.4 Å². The van der Waals surface area contributed by atoms with Gasteiger partial charge in [-0.2, -0.15) is 0 Å². The molecule has 2 N–H and O–H groups in total. The molecule has 1 atom stereocenters. The maximum atomic E-state index is 12.0. The van der Waals surface area contributed by atoms with E-state index in [1.807, 2.05) is 27.7 Å². The molecule has 0 aliphatic heterocycles. The number of imidazole rings is 1.